The van der Waals surface area contributed by atoms with Gasteiger partial charge in [-0.05, 0) is 25.2 Å². The molecule has 0 aromatic carbocycles. The molecule has 1 aliphatic carbocycles. The molecule has 1 saturated carbocycles. The van der Waals surface area contributed by atoms with Gasteiger partial charge in [0.2, 0.25) is 0 Å². The summed E-state index contributed by atoms with van der Waals surface area (Å²) in [6.45, 7) is 0. The number of hydrogen-bond acceptors (Lipinski definition) is 4. The van der Waals surface area contributed by atoms with Gasteiger partial charge >= 0.3 is 0 Å². The molecule has 1 heterocycles. The first kappa shape index (κ1) is 11.3. The molecule has 0 unspecified atom stereocenters. The van der Waals surface area contributed by atoms with Crippen LogP contribution in [0.2, 0.25) is 0 Å². The number of pyridine rings is 1. The van der Waals surface area contributed by atoms with Gasteiger partial charge in [-0.1, -0.05) is 0 Å². The first-order chi connectivity index (χ1) is 7.74. The molecular formula is C11H14N2O2S. The molecule has 0 spiro atoms. The van der Waals surface area contributed by atoms with Crippen molar-refractivity contribution in [3.63, 3.8) is 0 Å². The number of carbonyl (C=O) groups excluding carboxylic acids is 1. The van der Waals surface area contributed by atoms with Gasteiger partial charge in [0.05, 0.1) is 17.9 Å². The molecule has 5 heteroatoms. The number of nitrogens with zero attached hydrogens (tertiary/aromatic N) is 1. The average Bonchev–Trinajstić information content (AvgIpc) is 3.12. The zero-order valence-corrected chi connectivity index (χ0v) is 10.1. The number of thioether (sulfide) groups is 1. The number of amides is 1. The normalized spacial score (nSPS) is 14.6. The van der Waals surface area contributed by atoms with Crippen LogP contribution in [-0.2, 0) is 0 Å². The first-order valence-corrected chi connectivity index (χ1v) is 6.40. The number of ether oxygens (including phenoxy) is 1. The van der Waals surface area contributed by atoms with Gasteiger partial charge in [0, 0.05) is 7.05 Å². The summed E-state index contributed by atoms with van der Waals surface area (Å²) < 4.78 is 5.61. The lowest BCUT2D eigenvalue weighted by Crippen LogP contribution is -2.19. The summed E-state index contributed by atoms with van der Waals surface area (Å²) in [6.07, 6.45) is 6.09. The monoisotopic (exact) mass is 238 g/mol. The van der Waals surface area contributed by atoms with Gasteiger partial charge in [0.25, 0.3) is 5.91 Å². The van der Waals surface area contributed by atoms with E-state index < -0.39 is 0 Å². The minimum Gasteiger partial charge on any atom is -0.489 e. The molecular weight excluding hydrogens is 224 g/mol. The molecule has 1 fully saturated rings. The Bertz CT molecular complexity index is 405. The number of hydrogen-bond donors (Lipinski definition) is 1. The summed E-state index contributed by atoms with van der Waals surface area (Å²) in [5, 5.41) is 3.33. The smallest absolute Gasteiger partial charge is 0.253 e. The van der Waals surface area contributed by atoms with Gasteiger partial charge in [0.1, 0.15) is 10.8 Å². The molecule has 86 valence electrons. The third-order valence-corrected chi connectivity index (χ3v) is 3.03. The highest BCUT2D eigenvalue weighted by Crippen LogP contribution is 2.28. The Morgan fingerprint density at radius 1 is 1.62 bits per heavy atom. The van der Waals surface area contributed by atoms with E-state index >= 15 is 0 Å². The molecule has 0 radical (unpaired) electrons. The molecule has 1 aromatic rings. The molecule has 1 N–H and O–H groups in total. The van der Waals surface area contributed by atoms with E-state index in [2.05, 4.69) is 10.3 Å². The van der Waals surface area contributed by atoms with Crippen molar-refractivity contribution < 1.29 is 9.53 Å². The maximum atomic E-state index is 11.6. The van der Waals surface area contributed by atoms with Gasteiger partial charge in [-0.2, -0.15) is 0 Å². The Labute approximate surface area is 98.8 Å². The third-order valence-electron chi connectivity index (χ3n) is 2.32. The molecule has 16 heavy (non-hydrogen) atoms. The zero-order chi connectivity index (χ0) is 11.5. The molecule has 0 saturated heterocycles. The number of aromatic nitrogens is 1. The number of nitrogens with one attached hydrogen (secondary N) is 1. The first-order valence-electron chi connectivity index (χ1n) is 5.17. The molecule has 1 aliphatic rings. The fraction of sp³-hybridized carbons (Fsp3) is 0.455. The predicted octanol–water partition coefficient (Wildman–Crippen LogP) is 1.70. The summed E-state index contributed by atoms with van der Waals surface area (Å²) in [7, 11) is 1.61. The molecule has 1 amide bonds. The van der Waals surface area contributed by atoms with Crippen molar-refractivity contribution in [1.82, 2.24) is 10.3 Å². The number of rotatable bonds is 4. The van der Waals surface area contributed by atoms with E-state index in [1.807, 2.05) is 6.26 Å². The highest BCUT2D eigenvalue weighted by Gasteiger charge is 2.24. The zero-order valence-electron chi connectivity index (χ0n) is 9.32. The van der Waals surface area contributed by atoms with E-state index in [0.29, 0.717) is 17.4 Å². The minimum atomic E-state index is -0.127. The van der Waals surface area contributed by atoms with Crippen LogP contribution >= 0.6 is 11.8 Å². The van der Waals surface area contributed by atoms with Crippen LogP contribution in [0.5, 0.6) is 5.75 Å². The average molecular weight is 238 g/mol. The highest BCUT2D eigenvalue weighted by atomic mass is 32.2. The standard InChI is InChI=1S/C11H14N2O2S/c1-12-10(14)9-5-8(15-7-3-4-7)6-13-11(9)16-2/h5-7H,3-4H2,1-2H3,(H,12,14). The van der Waals surface area contributed by atoms with Crippen LogP contribution in [0.1, 0.15) is 23.2 Å². The SMILES string of the molecule is CNC(=O)c1cc(OC2CC2)cnc1SC. The Balaban J connectivity index is 2.25. The van der Waals surface area contributed by atoms with Crippen LogP contribution in [0.3, 0.4) is 0 Å². The van der Waals surface area contributed by atoms with E-state index in [1.165, 1.54) is 11.8 Å². The minimum absolute atomic E-state index is 0.127. The van der Waals surface area contributed by atoms with E-state index in [9.17, 15) is 4.79 Å². The van der Waals surface area contributed by atoms with Gasteiger partial charge in [-0.15, -0.1) is 11.8 Å². The summed E-state index contributed by atoms with van der Waals surface area (Å²) in [5.41, 5.74) is 0.577. The van der Waals surface area contributed by atoms with Gasteiger partial charge < -0.3 is 10.1 Å². The van der Waals surface area contributed by atoms with Gasteiger partial charge in [-0.25, -0.2) is 4.98 Å². The highest BCUT2D eigenvalue weighted by molar-refractivity contribution is 7.98. The summed E-state index contributed by atoms with van der Waals surface area (Å²) in [5.74, 6) is 0.553. The largest absolute Gasteiger partial charge is 0.489 e. The quantitative estimate of drug-likeness (QED) is 0.811. The second-order valence-electron chi connectivity index (χ2n) is 3.62. The molecule has 4 nitrogen and oxygen atoms in total. The lowest BCUT2D eigenvalue weighted by atomic mass is 10.2. The Morgan fingerprint density at radius 2 is 2.38 bits per heavy atom. The fourth-order valence-corrected chi connectivity index (χ4v) is 1.87. The van der Waals surface area contributed by atoms with E-state index in [4.69, 9.17) is 4.74 Å². The van der Waals surface area contributed by atoms with Gasteiger partial charge in [-0.3, -0.25) is 4.79 Å². The van der Waals surface area contributed by atoms with Crippen LogP contribution < -0.4 is 10.1 Å². The van der Waals surface area contributed by atoms with Crippen LogP contribution in [0.15, 0.2) is 17.3 Å². The van der Waals surface area contributed by atoms with Crippen molar-refractivity contribution in [1.29, 1.82) is 0 Å². The van der Waals surface area contributed by atoms with Crippen molar-refractivity contribution in [2.75, 3.05) is 13.3 Å². The van der Waals surface area contributed by atoms with Crippen molar-refractivity contribution >= 4 is 17.7 Å². The van der Waals surface area contributed by atoms with Crippen LogP contribution in [-0.4, -0.2) is 30.3 Å². The van der Waals surface area contributed by atoms with E-state index in [1.54, 1.807) is 19.3 Å². The van der Waals surface area contributed by atoms with Crippen molar-refractivity contribution in [3.8, 4) is 5.75 Å². The molecule has 0 atom stereocenters. The molecule has 0 bridgehead atoms. The summed E-state index contributed by atoms with van der Waals surface area (Å²) in [4.78, 5) is 15.9. The van der Waals surface area contributed by atoms with Crippen LogP contribution in [0.4, 0.5) is 0 Å². The molecule has 2 rings (SSSR count). The predicted molar refractivity (Wildman–Crippen MR) is 63.1 cm³/mol. The molecule has 0 aliphatic heterocycles. The summed E-state index contributed by atoms with van der Waals surface area (Å²) >= 11 is 1.45. The second kappa shape index (κ2) is 4.74. The Morgan fingerprint density at radius 3 is 2.94 bits per heavy atom. The van der Waals surface area contributed by atoms with Crippen LogP contribution in [0, 0.1) is 0 Å². The summed E-state index contributed by atoms with van der Waals surface area (Å²) in [6, 6.07) is 1.76. The lowest BCUT2D eigenvalue weighted by molar-refractivity contribution is 0.0959. The number of carbonyl (C=O) groups is 1. The lowest BCUT2D eigenvalue weighted by Gasteiger charge is -2.08. The topological polar surface area (TPSA) is 51.2 Å². The maximum Gasteiger partial charge on any atom is 0.253 e. The Hall–Kier alpha value is -1.23. The third kappa shape index (κ3) is 2.47. The van der Waals surface area contributed by atoms with Crippen molar-refractivity contribution in [2.45, 2.75) is 24.0 Å². The molecule has 1 aromatic heterocycles. The van der Waals surface area contributed by atoms with E-state index in [-0.39, 0.29) is 5.91 Å². The van der Waals surface area contributed by atoms with Crippen molar-refractivity contribution in [3.05, 3.63) is 17.8 Å². The second-order valence-corrected chi connectivity index (χ2v) is 4.42. The maximum absolute atomic E-state index is 11.6. The van der Waals surface area contributed by atoms with Crippen LogP contribution in [0.25, 0.3) is 0 Å². The van der Waals surface area contributed by atoms with Gasteiger partial charge in [0.15, 0.2) is 0 Å². The fourth-order valence-electron chi connectivity index (χ4n) is 1.34. The van der Waals surface area contributed by atoms with Crippen molar-refractivity contribution in [2.24, 2.45) is 0 Å². The van der Waals surface area contributed by atoms with E-state index in [0.717, 1.165) is 17.9 Å². The Kier molecular flexibility index (Phi) is 3.33.